The van der Waals surface area contributed by atoms with Gasteiger partial charge in [-0.05, 0) is 24.6 Å². The van der Waals surface area contributed by atoms with Crippen LogP contribution in [0, 0.1) is 5.92 Å². The highest BCUT2D eigenvalue weighted by Crippen LogP contribution is 2.30. The van der Waals surface area contributed by atoms with E-state index in [-0.39, 0.29) is 42.8 Å². The summed E-state index contributed by atoms with van der Waals surface area (Å²) < 4.78 is 5.29. The molecule has 2 amide bonds. The van der Waals surface area contributed by atoms with Crippen molar-refractivity contribution in [3.63, 3.8) is 0 Å². The van der Waals surface area contributed by atoms with Gasteiger partial charge < -0.3 is 21.1 Å². The lowest BCUT2D eigenvalue weighted by Gasteiger charge is -2.21. The van der Waals surface area contributed by atoms with E-state index in [2.05, 4.69) is 10.6 Å². The first-order chi connectivity index (χ1) is 9.51. The molecule has 0 radical (unpaired) electrons. The molecule has 1 aromatic carbocycles. The SMILES string of the molecule is CC(CN)C(=O)NC(C)c1ccc2c(c1)NC(=O)CO2.Cl. The average Bonchev–Trinajstić information content (AvgIpc) is 2.45. The lowest BCUT2D eigenvalue weighted by Crippen LogP contribution is -2.35. The Balaban J connectivity index is 0.00000220. The number of carbonyl (C=O) groups is 2. The van der Waals surface area contributed by atoms with Crippen molar-refractivity contribution in [3.05, 3.63) is 23.8 Å². The molecule has 116 valence electrons. The van der Waals surface area contributed by atoms with Gasteiger partial charge in [-0.25, -0.2) is 0 Å². The molecule has 0 fully saturated rings. The zero-order valence-electron chi connectivity index (χ0n) is 12.0. The zero-order valence-corrected chi connectivity index (χ0v) is 12.8. The Morgan fingerprint density at radius 3 is 2.86 bits per heavy atom. The molecule has 6 nitrogen and oxygen atoms in total. The number of nitrogens with two attached hydrogens (primary N) is 1. The van der Waals surface area contributed by atoms with Gasteiger partial charge in [0.25, 0.3) is 5.91 Å². The van der Waals surface area contributed by atoms with Crippen LogP contribution in [0.25, 0.3) is 0 Å². The van der Waals surface area contributed by atoms with Crippen molar-refractivity contribution in [3.8, 4) is 5.75 Å². The highest BCUT2D eigenvalue weighted by molar-refractivity contribution is 5.95. The number of amides is 2. The third kappa shape index (κ3) is 4.09. The van der Waals surface area contributed by atoms with Gasteiger partial charge in [0.05, 0.1) is 11.7 Å². The van der Waals surface area contributed by atoms with Crippen molar-refractivity contribution in [2.24, 2.45) is 11.7 Å². The summed E-state index contributed by atoms with van der Waals surface area (Å²) in [5.74, 6) is 0.154. The van der Waals surface area contributed by atoms with Gasteiger partial charge >= 0.3 is 0 Å². The smallest absolute Gasteiger partial charge is 0.262 e. The number of benzene rings is 1. The fraction of sp³-hybridized carbons (Fsp3) is 0.429. The number of hydrogen-bond acceptors (Lipinski definition) is 4. The van der Waals surface area contributed by atoms with Gasteiger partial charge in [0, 0.05) is 12.5 Å². The maximum absolute atomic E-state index is 11.8. The number of fused-ring (bicyclic) bond motifs is 1. The van der Waals surface area contributed by atoms with E-state index in [4.69, 9.17) is 10.5 Å². The predicted octanol–water partition coefficient (Wildman–Crippen LogP) is 1.21. The van der Waals surface area contributed by atoms with E-state index < -0.39 is 0 Å². The lowest BCUT2D eigenvalue weighted by molar-refractivity contribution is -0.124. The second kappa shape index (κ2) is 7.28. The molecule has 0 saturated heterocycles. The van der Waals surface area contributed by atoms with Gasteiger partial charge in [-0.1, -0.05) is 13.0 Å². The van der Waals surface area contributed by atoms with E-state index in [0.717, 1.165) is 5.56 Å². The minimum absolute atomic E-state index is 0. The summed E-state index contributed by atoms with van der Waals surface area (Å²) in [6.45, 7) is 4.01. The van der Waals surface area contributed by atoms with Crippen molar-refractivity contribution >= 4 is 29.9 Å². The second-order valence-corrected chi connectivity index (χ2v) is 4.96. The first-order valence-electron chi connectivity index (χ1n) is 6.58. The van der Waals surface area contributed by atoms with Crippen LogP contribution < -0.4 is 21.1 Å². The van der Waals surface area contributed by atoms with Gasteiger partial charge in [0.15, 0.2) is 6.61 Å². The maximum Gasteiger partial charge on any atom is 0.262 e. The molecule has 21 heavy (non-hydrogen) atoms. The second-order valence-electron chi connectivity index (χ2n) is 4.96. The standard InChI is InChI=1S/C14H19N3O3.ClH/c1-8(6-15)14(19)16-9(2)10-3-4-12-11(5-10)17-13(18)7-20-12;/h3-5,8-9H,6-7,15H2,1-2H3,(H,16,19)(H,17,18);1H. The van der Waals surface area contributed by atoms with Crippen LogP contribution in [0.1, 0.15) is 25.5 Å². The highest BCUT2D eigenvalue weighted by Gasteiger charge is 2.19. The van der Waals surface area contributed by atoms with Crippen molar-refractivity contribution in [2.75, 3.05) is 18.5 Å². The Morgan fingerprint density at radius 2 is 2.19 bits per heavy atom. The Morgan fingerprint density at radius 1 is 1.48 bits per heavy atom. The Kier molecular flexibility index (Phi) is 5.99. The fourth-order valence-corrected chi connectivity index (χ4v) is 1.92. The van der Waals surface area contributed by atoms with Crippen LogP contribution >= 0.6 is 12.4 Å². The molecule has 2 unspecified atom stereocenters. The Hall–Kier alpha value is -1.79. The first kappa shape index (κ1) is 17.3. The number of rotatable bonds is 4. The number of carbonyl (C=O) groups excluding carboxylic acids is 2. The molecular weight excluding hydrogens is 294 g/mol. The normalized spacial score (nSPS) is 15.7. The predicted molar refractivity (Wildman–Crippen MR) is 82.6 cm³/mol. The minimum Gasteiger partial charge on any atom is -0.482 e. The van der Waals surface area contributed by atoms with Gasteiger partial charge in [0.1, 0.15) is 5.75 Å². The van der Waals surface area contributed by atoms with Crippen molar-refractivity contribution < 1.29 is 14.3 Å². The van der Waals surface area contributed by atoms with Crippen LogP contribution in [0.2, 0.25) is 0 Å². The molecule has 1 aliphatic rings. The minimum atomic E-state index is -0.224. The highest BCUT2D eigenvalue weighted by atomic mass is 35.5. The largest absolute Gasteiger partial charge is 0.482 e. The van der Waals surface area contributed by atoms with Crippen LogP contribution in [-0.4, -0.2) is 25.0 Å². The summed E-state index contributed by atoms with van der Waals surface area (Å²) in [5.41, 5.74) is 7.00. The average molecular weight is 314 g/mol. The quantitative estimate of drug-likeness (QED) is 0.779. The van der Waals surface area contributed by atoms with Gasteiger partial charge in [-0.2, -0.15) is 0 Å². The van der Waals surface area contributed by atoms with Crippen molar-refractivity contribution in [2.45, 2.75) is 19.9 Å². The molecule has 1 heterocycles. The number of anilines is 1. The van der Waals surface area contributed by atoms with Gasteiger partial charge in [-0.15, -0.1) is 12.4 Å². The maximum atomic E-state index is 11.8. The van der Waals surface area contributed by atoms with Gasteiger partial charge in [-0.3, -0.25) is 9.59 Å². The van der Waals surface area contributed by atoms with E-state index in [1.807, 2.05) is 19.1 Å². The third-order valence-corrected chi connectivity index (χ3v) is 3.30. The molecule has 0 saturated carbocycles. The topological polar surface area (TPSA) is 93.5 Å². The summed E-state index contributed by atoms with van der Waals surface area (Å²) in [6, 6.07) is 5.30. The first-order valence-corrected chi connectivity index (χ1v) is 6.58. The summed E-state index contributed by atoms with van der Waals surface area (Å²) in [6.07, 6.45) is 0. The van der Waals surface area contributed by atoms with Crippen molar-refractivity contribution in [1.29, 1.82) is 0 Å². The molecule has 1 aromatic rings. The van der Waals surface area contributed by atoms with E-state index in [1.165, 1.54) is 0 Å². The summed E-state index contributed by atoms with van der Waals surface area (Å²) in [5, 5.41) is 5.64. The molecular formula is C14H20ClN3O3. The molecule has 1 aliphatic heterocycles. The molecule has 2 atom stereocenters. The van der Waals surface area contributed by atoms with Crippen LogP contribution in [0.3, 0.4) is 0 Å². The molecule has 0 aromatic heterocycles. The fourth-order valence-electron chi connectivity index (χ4n) is 1.92. The number of hydrogen-bond donors (Lipinski definition) is 3. The van der Waals surface area contributed by atoms with Crippen molar-refractivity contribution in [1.82, 2.24) is 5.32 Å². The van der Waals surface area contributed by atoms with E-state index in [9.17, 15) is 9.59 Å². The number of ether oxygens (including phenoxy) is 1. The number of nitrogens with one attached hydrogen (secondary N) is 2. The van der Waals surface area contributed by atoms with E-state index in [1.54, 1.807) is 13.0 Å². The Bertz CT molecular complexity index is 536. The molecule has 2 rings (SSSR count). The Labute approximate surface area is 129 Å². The molecule has 4 N–H and O–H groups in total. The molecule has 0 spiro atoms. The molecule has 7 heteroatoms. The third-order valence-electron chi connectivity index (χ3n) is 3.30. The van der Waals surface area contributed by atoms with Crippen LogP contribution in [-0.2, 0) is 9.59 Å². The van der Waals surface area contributed by atoms with E-state index in [0.29, 0.717) is 18.0 Å². The summed E-state index contributed by atoms with van der Waals surface area (Å²) in [7, 11) is 0. The summed E-state index contributed by atoms with van der Waals surface area (Å²) in [4.78, 5) is 23.1. The zero-order chi connectivity index (χ0) is 14.7. The van der Waals surface area contributed by atoms with Crippen LogP contribution in [0.15, 0.2) is 18.2 Å². The molecule has 0 bridgehead atoms. The van der Waals surface area contributed by atoms with Crippen LogP contribution in [0.5, 0.6) is 5.75 Å². The van der Waals surface area contributed by atoms with Gasteiger partial charge in [0.2, 0.25) is 5.91 Å². The number of halogens is 1. The van der Waals surface area contributed by atoms with E-state index >= 15 is 0 Å². The van der Waals surface area contributed by atoms with Crippen LogP contribution in [0.4, 0.5) is 5.69 Å². The monoisotopic (exact) mass is 313 g/mol. The lowest BCUT2D eigenvalue weighted by atomic mass is 10.1. The summed E-state index contributed by atoms with van der Waals surface area (Å²) >= 11 is 0. The molecule has 0 aliphatic carbocycles.